The summed E-state index contributed by atoms with van der Waals surface area (Å²) >= 11 is 1.40. The van der Waals surface area contributed by atoms with Gasteiger partial charge in [0, 0.05) is 18.4 Å². The third-order valence-electron chi connectivity index (χ3n) is 3.91. The Balaban J connectivity index is 1.58. The van der Waals surface area contributed by atoms with Crippen LogP contribution < -0.4 is 5.56 Å². The number of nitrogens with zero attached hydrogens (tertiary/aromatic N) is 3. The van der Waals surface area contributed by atoms with Crippen molar-refractivity contribution < 1.29 is 8.81 Å². The molecule has 7 heteroatoms. The summed E-state index contributed by atoms with van der Waals surface area (Å²) in [7, 11) is 1.70. The van der Waals surface area contributed by atoms with E-state index < -0.39 is 0 Å². The lowest BCUT2D eigenvalue weighted by Gasteiger charge is -2.07. The molecule has 0 saturated heterocycles. The van der Waals surface area contributed by atoms with Gasteiger partial charge in [0.2, 0.25) is 5.89 Å². The number of hydrogen-bond donors (Lipinski definition) is 0. The maximum atomic E-state index is 13.3. The van der Waals surface area contributed by atoms with Crippen LogP contribution in [0.1, 0.15) is 5.69 Å². The van der Waals surface area contributed by atoms with E-state index in [-0.39, 0.29) is 11.4 Å². The highest BCUT2D eigenvalue weighted by atomic mass is 32.2. The zero-order chi connectivity index (χ0) is 18.1. The minimum atomic E-state index is -0.341. The summed E-state index contributed by atoms with van der Waals surface area (Å²) in [6.07, 6.45) is 1.53. The number of thioether (sulfide) groups is 1. The normalized spacial score (nSPS) is 11.2. The first-order valence-electron chi connectivity index (χ1n) is 7.91. The molecule has 0 aliphatic rings. The molecule has 5 nitrogen and oxygen atoms in total. The number of halogens is 1. The first-order valence-corrected chi connectivity index (χ1v) is 8.89. The van der Waals surface area contributed by atoms with Crippen molar-refractivity contribution in [1.82, 2.24) is 14.5 Å². The molecule has 2 heterocycles. The van der Waals surface area contributed by atoms with E-state index in [4.69, 9.17) is 4.42 Å². The number of benzene rings is 2. The standard InChI is InChI=1S/C19H14FN3O2S/c1-23-18(24)15-7-2-3-8-16(15)22-19(23)26-11-14-10-25-17(21-14)12-5-4-6-13(20)9-12/h2-10H,11H2,1H3. The summed E-state index contributed by atoms with van der Waals surface area (Å²) in [6.45, 7) is 0. The smallest absolute Gasteiger partial charge is 0.261 e. The number of rotatable bonds is 4. The highest BCUT2D eigenvalue weighted by Crippen LogP contribution is 2.24. The Bertz CT molecular complexity index is 1150. The third kappa shape index (κ3) is 3.13. The lowest BCUT2D eigenvalue weighted by Crippen LogP contribution is -2.19. The zero-order valence-electron chi connectivity index (χ0n) is 13.8. The zero-order valence-corrected chi connectivity index (χ0v) is 14.7. The predicted octanol–water partition coefficient (Wildman–Crippen LogP) is 4.02. The van der Waals surface area contributed by atoms with Crippen molar-refractivity contribution in [2.45, 2.75) is 10.9 Å². The maximum Gasteiger partial charge on any atom is 0.261 e. The Hall–Kier alpha value is -2.93. The molecule has 0 amide bonds. The second-order valence-corrected chi connectivity index (χ2v) is 6.66. The molecule has 26 heavy (non-hydrogen) atoms. The number of para-hydroxylation sites is 1. The largest absolute Gasteiger partial charge is 0.444 e. The molecule has 0 unspecified atom stereocenters. The van der Waals surface area contributed by atoms with Gasteiger partial charge < -0.3 is 4.42 Å². The minimum absolute atomic E-state index is 0.0845. The van der Waals surface area contributed by atoms with E-state index in [1.54, 1.807) is 25.2 Å². The van der Waals surface area contributed by atoms with Crippen LogP contribution in [0, 0.1) is 5.82 Å². The Labute approximate surface area is 152 Å². The quantitative estimate of drug-likeness (QED) is 0.403. The van der Waals surface area contributed by atoms with Gasteiger partial charge in [0.1, 0.15) is 12.1 Å². The fourth-order valence-electron chi connectivity index (χ4n) is 2.59. The number of hydrogen-bond acceptors (Lipinski definition) is 5. The van der Waals surface area contributed by atoms with Crippen molar-refractivity contribution in [3.8, 4) is 11.5 Å². The predicted molar refractivity (Wildman–Crippen MR) is 98.4 cm³/mol. The molecule has 2 aromatic carbocycles. The van der Waals surface area contributed by atoms with E-state index >= 15 is 0 Å². The molecule has 0 radical (unpaired) electrons. The van der Waals surface area contributed by atoms with Crippen LogP contribution in [0.15, 0.2) is 69.2 Å². The molecule has 0 aliphatic carbocycles. The summed E-state index contributed by atoms with van der Waals surface area (Å²) in [6, 6.07) is 13.3. The Kier molecular flexibility index (Phi) is 4.30. The molecule has 0 bridgehead atoms. The molecule has 130 valence electrons. The molecule has 0 N–H and O–H groups in total. The monoisotopic (exact) mass is 367 g/mol. The van der Waals surface area contributed by atoms with Crippen LogP contribution in [0.25, 0.3) is 22.4 Å². The van der Waals surface area contributed by atoms with Crippen LogP contribution >= 0.6 is 11.8 Å². The van der Waals surface area contributed by atoms with Crippen LogP contribution in [-0.2, 0) is 12.8 Å². The van der Waals surface area contributed by atoms with Gasteiger partial charge in [-0.2, -0.15) is 0 Å². The molecule has 4 rings (SSSR count). The SMILES string of the molecule is Cn1c(SCc2coc(-c3cccc(F)c3)n2)nc2ccccc2c1=O. The van der Waals surface area contributed by atoms with E-state index in [2.05, 4.69) is 9.97 Å². The Morgan fingerprint density at radius 3 is 2.85 bits per heavy atom. The number of aromatic nitrogens is 3. The van der Waals surface area contributed by atoms with Gasteiger partial charge in [-0.05, 0) is 30.3 Å². The molecule has 0 aliphatic heterocycles. The molecule has 0 fully saturated rings. The lowest BCUT2D eigenvalue weighted by molar-refractivity contribution is 0.571. The van der Waals surface area contributed by atoms with Gasteiger partial charge in [0.15, 0.2) is 5.16 Å². The van der Waals surface area contributed by atoms with Gasteiger partial charge in [-0.15, -0.1) is 0 Å². The molecule has 4 aromatic rings. The van der Waals surface area contributed by atoms with E-state index in [0.717, 1.165) is 0 Å². The fourth-order valence-corrected chi connectivity index (χ4v) is 3.44. The first kappa shape index (κ1) is 16.5. The van der Waals surface area contributed by atoms with Crippen LogP contribution in [0.5, 0.6) is 0 Å². The van der Waals surface area contributed by atoms with Crippen LogP contribution in [0.4, 0.5) is 4.39 Å². The van der Waals surface area contributed by atoms with Crippen molar-refractivity contribution in [2.24, 2.45) is 7.05 Å². The topological polar surface area (TPSA) is 60.9 Å². The van der Waals surface area contributed by atoms with Gasteiger partial charge in [-0.3, -0.25) is 9.36 Å². The van der Waals surface area contributed by atoms with E-state index in [0.29, 0.717) is 39.0 Å². The van der Waals surface area contributed by atoms with Gasteiger partial charge >= 0.3 is 0 Å². The van der Waals surface area contributed by atoms with Crippen molar-refractivity contribution in [2.75, 3.05) is 0 Å². The third-order valence-corrected chi connectivity index (χ3v) is 4.98. The molecular formula is C19H14FN3O2S. The summed E-state index contributed by atoms with van der Waals surface area (Å²) in [5.41, 5.74) is 1.85. The summed E-state index contributed by atoms with van der Waals surface area (Å²) in [4.78, 5) is 21.3. The average molecular weight is 367 g/mol. The summed E-state index contributed by atoms with van der Waals surface area (Å²) in [5.74, 6) is 0.504. The highest BCUT2D eigenvalue weighted by molar-refractivity contribution is 7.98. The summed E-state index contributed by atoms with van der Waals surface area (Å²) < 4.78 is 20.3. The summed E-state index contributed by atoms with van der Waals surface area (Å²) in [5, 5.41) is 1.19. The maximum absolute atomic E-state index is 13.3. The molecular weight excluding hydrogens is 353 g/mol. The lowest BCUT2D eigenvalue weighted by atomic mass is 10.2. The van der Waals surface area contributed by atoms with Gasteiger partial charge in [-0.25, -0.2) is 14.4 Å². The van der Waals surface area contributed by atoms with Crippen molar-refractivity contribution in [1.29, 1.82) is 0 Å². The van der Waals surface area contributed by atoms with Gasteiger partial charge in [0.25, 0.3) is 5.56 Å². The van der Waals surface area contributed by atoms with E-state index in [1.165, 1.54) is 34.7 Å². The van der Waals surface area contributed by atoms with Crippen LogP contribution in [0.2, 0.25) is 0 Å². The second-order valence-electron chi connectivity index (χ2n) is 5.72. The van der Waals surface area contributed by atoms with Gasteiger partial charge in [-0.1, -0.05) is 30.0 Å². The minimum Gasteiger partial charge on any atom is -0.444 e. The van der Waals surface area contributed by atoms with E-state index in [9.17, 15) is 9.18 Å². The van der Waals surface area contributed by atoms with Crippen LogP contribution in [-0.4, -0.2) is 14.5 Å². The van der Waals surface area contributed by atoms with Crippen LogP contribution in [0.3, 0.4) is 0 Å². The average Bonchev–Trinajstić information content (AvgIpc) is 3.13. The Morgan fingerprint density at radius 2 is 2.00 bits per heavy atom. The molecule has 0 saturated carbocycles. The molecule has 0 atom stereocenters. The van der Waals surface area contributed by atoms with E-state index in [1.807, 2.05) is 18.2 Å². The fraction of sp³-hybridized carbons (Fsp3) is 0.105. The van der Waals surface area contributed by atoms with Crippen molar-refractivity contribution in [3.63, 3.8) is 0 Å². The molecule has 0 spiro atoms. The highest BCUT2D eigenvalue weighted by Gasteiger charge is 2.11. The second kappa shape index (κ2) is 6.76. The van der Waals surface area contributed by atoms with Crippen molar-refractivity contribution in [3.05, 3.63) is 76.7 Å². The van der Waals surface area contributed by atoms with Crippen molar-refractivity contribution >= 4 is 22.7 Å². The molecule has 2 aromatic heterocycles. The Morgan fingerprint density at radius 1 is 1.15 bits per heavy atom. The van der Waals surface area contributed by atoms with Gasteiger partial charge in [0.05, 0.1) is 16.6 Å². The number of oxazole rings is 1. The first-order chi connectivity index (χ1) is 12.6. The number of fused-ring (bicyclic) bond motifs is 1.